The Bertz CT molecular complexity index is 461. The lowest BCUT2D eigenvalue weighted by Gasteiger charge is -2.22. The Morgan fingerprint density at radius 2 is 2.16 bits per heavy atom. The lowest BCUT2D eigenvalue weighted by Crippen LogP contribution is -2.36. The van der Waals surface area contributed by atoms with Crippen LogP contribution >= 0.6 is 0 Å². The molecule has 0 bridgehead atoms. The number of amides is 1. The van der Waals surface area contributed by atoms with Gasteiger partial charge in [0.25, 0.3) is 5.91 Å². The number of likely N-dealkylation sites (N-methyl/N-ethyl adjacent to an activating group) is 1. The second-order valence-electron chi connectivity index (χ2n) is 5.38. The molecule has 0 saturated carbocycles. The number of carbonyl (C=O) groups is 1. The van der Waals surface area contributed by atoms with Crippen molar-refractivity contribution in [3.8, 4) is 0 Å². The largest absolute Gasteiger partial charge is 0.373 e. The van der Waals surface area contributed by atoms with Gasteiger partial charge in [-0.2, -0.15) is 0 Å². The Kier molecular flexibility index (Phi) is 4.04. The fraction of sp³-hybridized carbons (Fsp3) is 0.571. The van der Waals surface area contributed by atoms with Crippen molar-refractivity contribution in [2.75, 3.05) is 39.5 Å². The molecule has 104 valence electrons. The van der Waals surface area contributed by atoms with Gasteiger partial charge in [-0.15, -0.1) is 0 Å². The lowest BCUT2D eigenvalue weighted by atomic mass is 10.1. The molecular formula is C14H22N4O. The Morgan fingerprint density at radius 3 is 2.74 bits per heavy atom. The first-order valence-corrected chi connectivity index (χ1v) is 6.63. The van der Waals surface area contributed by atoms with E-state index in [0.717, 1.165) is 18.9 Å². The number of likely N-dealkylation sites (tertiary alicyclic amines) is 1. The Balaban J connectivity index is 2.12. The summed E-state index contributed by atoms with van der Waals surface area (Å²) in [5, 5.41) is 2.96. The zero-order valence-electron chi connectivity index (χ0n) is 12.1. The smallest absolute Gasteiger partial charge is 0.272 e. The number of pyridine rings is 1. The maximum Gasteiger partial charge on any atom is 0.272 e. The molecule has 1 N–H and O–H groups in total. The summed E-state index contributed by atoms with van der Waals surface area (Å²) in [6, 6.07) is 5.91. The quantitative estimate of drug-likeness (QED) is 0.887. The van der Waals surface area contributed by atoms with Crippen molar-refractivity contribution in [1.29, 1.82) is 0 Å². The molecule has 1 aliphatic rings. The van der Waals surface area contributed by atoms with Crippen molar-refractivity contribution in [3.63, 3.8) is 0 Å². The first-order chi connectivity index (χ1) is 9.02. The number of aromatic nitrogens is 1. The highest BCUT2D eigenvalue weighted by atomic mass is 16.2. The number of nitrogens with one attached hydrogen (secondary N) is 1. The van der Waals surface area contributed by atoms with Gasteiger partial charge in [0.05, 0.1) is 0 Å². The minimum atomic E-state index is 0.0216. The van der Waals surface area contributed by atoms with Crippen molar-refractivity contribution in [2.24, 2.45) is 5.92 Å². The third kappa shape index (κ3) is 2.87. The molecule has 19 heavy (non-hydrogen) atoms. The van der Waals surface area contributed by atoms with Crippen molar-refractivity contribution in [2.45, 2.75) is 13.0 Å². The van der Waals surface area contributed by atoms with E-state index in [0.29, 0.717) is 17.7 Å². The molecule has 2 heterocycles. The van der Waals surface area contributed by atoms with Crippen LogP contribution < -0.4 is 5.32 Å². The van der Waals surface area contributed by atoms with Crippen molar-refractivity contribution in [3.05, 3.63) is 23.9 Å². The first-order valence-electron chi connectivity index (χ1n) is 6.63. The molecule has 1 aromatic rings. The monoisotopic (exact) mass is 262 g/mol. The van der Waals surface area contributed by atoms with E-state index in [2.05, 4.69) is 36.2 Å². The van der Waals surface area contributed by atoms with Crippen LogP contribution in [0.3, 0.4) is 0 Å². The predicted molar refractivity (Wildman–Crippen MR) is 76.3 cm³/mol. The molecule has 0 radical (unpaired) electrons. The number of rotatable bonds is 3. The molecule has 1 amide bonds. The van der Waals surface area contributed by atoms with Crippen molar-refractivity contribution in [1.82, 2.24) is 14.8 Å². The van der Waals surface area contributed by atoms with Gasteiger partial charge in [0.15, 0.2) is 0 Å². The topological polar surface area (TPSA) is 48.5 Å². The number of anilines is 1. The lowest BCUT2D eigenvalue weighted by molar-refractivity contribution is 0.0776. The maximum absolute atomic E-state index is 12.4. The highest BCUT2D eigenvalue weighted by molar-refractivity contribution is 5.92. The van der Waals surface area contributed by atoms with E-state index in [9.17, 15) is 4.79 Å². The van der Waals surface area contributed by atoms with E-state index in [1.807, 2.05) is 17.0 Å². The van der Waals surface area contributed by atoms with Gasteiger partial charge in [0.2, 0.25) is 0 Å². The molecule has 1 aromatic heterocycles. The highest BCUT2D eigenvalue weighted by Gasteiger charge is 2.34. The van der Waals surface area contributed by atoms with E-state index in [1.165, 1.54) is 0 Å². The van der Waals surface area contributed by atoms with Gasteiger partial charge in [-0.25, -0.2) is 4.98 Å². The molecule has 1 aliphatic heterocycles. The van der Waals surface area contributed by atoms with Gasteiger partial charge in [-0.3, -0.25) is 4.79 Å². The Hall–Kier alpha value is -1.62. The third-order valence-electron chi connectivity index (χ3n) is 3.75. The van der Waals surface area contributed by atoms with Gasteiger partial charge < -0.3 is 15.1 Å². The molecule has 2 atom stereocenters. The summed E-state index contributed by atoms with van der Waals surface area (Å²) in [6.45, 7) is 3.76. The molecule has 2 unspecified atom stereocenters. The Labute approximate surface area is 114 Å². The molecule has 1 saturated heterocycles. The zero-order chi connectivity index (χ0) is 14.0. The van der Waals surface area contributed by atoms with Crippen LogP contribution in [0.15, 0.2) is 18.2 Å². The van der Waals surface area contributed by atoms with Crippen LogP contribution in [-0.4, -0.2) is 61.0 Å². The van der Waals surface area contributed by atoms with Gasteiger partial charge in [-0.1, -0.05) is 13.0 Å². The van der Waals surface area contributed by atoms with Crippen LogP contribution in [0.5, 0.6) is 0 Å². The van der Waals surface area contributed by atoms with Gasteiger partial charge in [0.1, 0.15) is 11.5 Å². The number of nitrogens with zero attached hydrogens (tertiary/aromatic N) is 3. The van der Waals surface area contributed by atoms with Crippen LogP contribution in [0.1, 0.15) is 17.4 Å². The van der Waals surface area contributed by atoms with Crippen LogP contribution in [0.2, 0.25) is 0 Å². The molecule has 2 rings (SSSR count). The molecule has 0 aliphatic carbocycles. The summed E-state index contributed by atoms with van der Waals surface area (Å²) in [4.78, 5) is 20.9. The van der Waals surface area contributed by atoms with E-state index in [1.54, 1.807) is 13.1 Å². The van der Waals surface area contributed by atoms with E-state index < -0.39 is 0 Å². The normalized spacial score (nSPS) is 22.9. The molecule has 5 heteroatoms. The van der Waals surface area contributed by atoms with E-state index in [4.69, 9.17) is 0 Å². The first kappa shape index (κ1) is 13.8. The molecule has 0 aromatic carbocycles. The summed E-state index contributed by atoms with van der Waals surface area (Å²) in [7, 11) is 5.93. The molecular weight excluding hydrogens is 240 g/mol. The van der Waals surface area contributed by atoms with Crippen molar-refractivity contribution >= 4 is 11.7 Å². The maximum atomic E-state index is 12.4. The van der Waals surface area contributed by atoms with Crippen LogP contribution in [0.25, 0.3) is 0 Å². The van der Waals surface area contributed by atoms with Crippen LogP contribution in [0, 0.1) is 5.92 Å². The second-order valence-corrected chi connectivity index (χ2v) is 5.38. The van der Waals surface area contributed by atoms with Crippen molar-refractivity contribution < 1.29 is 4.79 Å². The molecule has 5 nitrogen and oxygen atoms in total. The third-order valence-corrected chi connectivity index (χ3v) is 3.75. The number of hydrogen-bond donors (Lipinski definition) is 1. The number of hydrogen-bond acceptors (Lipinski definition) is 4. The fourth-order valence-corrected chi connectivity index (χ4v) is 2.64. The van der Waals surface area contributed by atoms with Gasteiger partial charge >= 0.3 is 0 Å². The summed E-state index contributed by atoms with van der Waals surface area (Å²) < 4.78 is 0. The number of carbonyl (C=O) groups excluding carboxylic acids is 1. The van der Waals surface area contributed by atoms with E-state index >= 15 is 0 Å². The van der Waals surface area contributed by atoms with Crippen LogP contribution in [0.4, 0.5) is 5.82 Å². The van der Waals surface area contributed by atoms with Gasteiger partial charge in [0, 0.05) is 26.2 Å². The summed E-state index contributed by atoms with van der Waals surface area (Å²) >= 11 is 0. The molecule has 1 fully saturated rings. The van der Waals surface area contributed by atoms with Gasteiger partial charge in [-0.05, 0) is 32.1 Å². The minimum Gasteiger partial charge on any atom is -0.373 e. The second kappa shape index (κ2) is 5.57. The standard InChI is InChI=1S/C14H22N4O/c1-10-8-18(9-12(10)17(3)4)14(19)11-6-5-7-13(15-2)16-11/h5-7,10,12H,8-9H2,1-4H3,(H,15,16). The fourth-order valence-electron chi connectivity index (χ4n) is 2.64. The summed E-state index contributed by atoms with van der Waals surface area (Å²) in [6.07, 6.45) is 0. The highest BCUT2D eigenvalue weighted by Crippen LogP contribution is 2.21. The zero-order valence-corrected chi connectivity index (χ0v) is 12.1. The Morgan fingerprint density at radius 1 is 1.42 bits per heavy atom. The van der Waals surface area contributed by atoms with Crippen LogP contribution in [-0.2, 0) is 0 Å². The summed E-state index contributed by atoms with van der Waals surface area (Å²) in [5.41, 5.74) is 0.512. The minimum absolute atomic E-state index is 0.0216. The van der Waals surface area contributed by atoms with E-state index in [-0.39, 0.29) is 5.91 Å². The summed E-state index contributed by atoms with van der Waals surface area (Å²) in [5.74, 6) is 1.24. The predicted octanol–water partition coefficient (Wildman–Crippen LogP) is 1.15. The molecule has 0 spiro atoms. The SMILES string of the molecule is CNc1cccc(C(=O)N2CC(C)C(N(C)C)C2)n1. The average Bonchev–Trinajstić information content (AvgIpc) is 2.80. The average molecular weight is 262 g/mol.